The third-order valence-corrected chi connectivity index (χ3v) is 3.63. The van der Waals surface area contributed by atoms with E-state index in [1.54, 1.807) is 25.5 Å². The monoisotopic (exact) mass is 335 g/mol. The Kier molecular flexibility index (Phi) is 4.80. The second-order valence-electron chi connectivity index (χ2n) is 5.30. The second kappa shape index (κ2) is 7.35. The van der Waals surface area contributed by atoms with Gasteiger partial charge in [0.05, 0.1) is 24.6 Å². The van der Waals surface area contributed by atoms with Crippen molar-refractivity contribution in [1.29, 1.82) is 0 Å². The van der Waals surface area contributed by atoms with Crippen LogP contribution >= 0.6 is 0 Å². The average molecular weight is 335 g/mol. The summed E-state index contributed by atoms with van der Waals surface area (Å²) in [6, 6.07) is 16.1. The third kappa shape index (κ3) is 4.06. The number of ether oxygens (including phenoxy) is 1. The molecule has 0 spiro atoms. The molecule has 0 aliphatic rings. The number of hydrogen-bond donors (Lipinski definition) is 2. The molecule has 2 N–H and O–H groups in total. The van der Waals surface area contributed by atoms with Gasteiger partial charge in [0.25, 0.3) is 0 Å². The fraction of sp³-hybridized carbons (Fsp3) is 0.0526. The lowest BCUT2D eigenvalue weighted by Gasteiger charge is -2.04. The summed E-state index contributed by atoms with van der Waals surface area (Å²) in [6.45, 7) is 0. The molecule has 0 radical (unpaired) electrons. The minimum absolute atomic E-state index is 0.242. The summed E-state index contributed by atoms with van der Waals surface area (Å²) in [5.41, 5.74) is 5.80. The zero-order valence-electron chi connectivity index (χ0n) is 13.6. The van der Waals surface area contributed by atoms with Gasteiger partial charge in [0, 0.05) is 23.6 Å². The van der Waals surface area contributed by atoms with E-state index in [0.29, 0.717) is 0 Å². The van der Waals surface area contributed by atoms with Crippen molar-refractivity contribution in [3.8, 4) is 11.4 Å². The molecule has 1 heterocycles. The lowest BCUT2D eigenvalue weighted by molar-refractivity contribution is 0.0697. The van der Waals surface area contributed by atoms with Crippen LogP contribution in [0.1, 0.15) is 15.9 Å². The first kappa shape index (κ1) is 16.3. The van der Waals surface area contributed by atoms with Crippen LogP contribution in [0.2, 0.25) is 0 Å². The molecule has 3 rings (SSSR count). The molecule has 0 saturated carbocycles. The van der Waals surface area contributed by atoms with Gasteiger partial charge >= 0.3 is 5.97 Å². The number of anilines is 1. The van der Waals surface area contributed by atoms with Gasteiger partial charge in [0.15, 0.2) is 0 Å². The SMILES string of the molecule is COc1ccc(-n2ccc(/C=N/Nc3ccc(C(=O)O)cc3)c2)cc1. The van der Waals surface area contributed by atoms with Crippen LogP contribution in [0.3, 0.4) is 0 Å². The molecule has 0 aliphatic heterocycles. The predicted octanol–water partition coefficient (Wildman–Crippen LogP) is 3.63. The maximum atomic E-state index is 10.8. The van der Waals surface area contributed by atoms with Crippen molar-refractivity contribution in [2.75, 3.05) is 12.5 Å². The Hall–Kier alpha value is -3.54. The maximum Gasteiger partial charge on any atom is 0.335 e. The molecule has 0 aliphatic carbocycles. The highest BCUT2D eigenvalue weighted by molar-refractivity contribution is 5.88. The van der Waals surface area contributed by atoms with Crippen molar-refractivity contribution in [3.05, 3.63) is 78.1 Å². The summed E-state index contributed by atoms with van der Waals surface area (Å²) in [6.07, 6.45) is 5.61. The average Bonchev–Trinajstić information content (AvgIpc) is 3.11. The van der Waals surface area contributed by atoms with Gasteiger partial charge in [-0.2, -0.15) is 5.10 Å². The van der Waals surface area contributed by atoms with Crippen molar-refractivity contribution in [1.82, 2.24) is 4.57 Å². The Morgan fingerprint density at radius 2 is 1.84 bits per heavy atom. The van der Waals surface area contributed by atoms with Crippen LogP contribution in [0, 0.1) is 0 Å². The Balaban J connectivity index is 1.64. The molecule has 2 aromatic carbocycles. The Morgan fingerprint density at radius 1 is 1.12 bits per heavy atom. The third-order valence-electron chi connectivity index (χ3n) is 3.63. The zero-order chi connectivity index (χ0) is 17.6. The van der Waals surface area contributed by atoms with E-state index >= 15 is 0 Å². The number of aromatic nitrogens is 1. The van der Waals surface area contributed by atoms with Gasteiger partial charge in [-0.15, -0.1) is 0 Å². The summed E-state index contributed by atoms with van der Waals surface area (Å²) < 4.78 is 7.14. The second-order valence-corrected chi connectivity index (χ2v) is 5.30. The highest BCUT2D eigenvalue weighted by atomic mass is 16.5. The first-order valence-corrected chi connectivity index (χ1v) is 7.60. The standard InChI is InChI=1S/C19H17N3O3/c1-25-18-8-6-17(7-9-18)22-11-10-14(13-22)12-20-21-16-4-2-15(3-5-16)19(23)24/h2-13,21H,1H3,(H,23,24)/b20-12+. The van der Waals surface area contributed by atoms with Gasteiger partial charge in [0.1, 0.15) is 5.75 Å². The molecule has 0 amide bonds. The smallest absolute Gasteiger partial charge is 0.335 e. The van der Waals surface area contributed by atoms with Gasteiger partial charge in [-0.05, 0) is 54.6 Å². The quantitative estimate of drug-likeness (QED) is 0.533. The topological polar surface area (TPSA) is 75.8 Å². The fourth-order valence-corrected chi connectivity index (χ4v) is 2.27. The van der Waals surface area contributed by atoms with Crippen LogP contribution < -0.4 is 10.2 Å². The predicted molar refractivity (Wildman–Crippen MR) is 96.9 cm³/mol. The summed E-state index contributed by atoms with van der Waals surface area (Å²) >= 11 is 0. The fourth-order valence-electron chi connectivity index (χ4n) is 2.27. The van der Waals surface area contributed by atoms with Crippen LogP contribution in [-0.4, -0.2) is 29.0 Å². The molecule has 126 valence electrons. The lowest BCUT2D eigenvalue weighted by Crippen LogP contribution is -1.96. The highest BCUT2D eigenvalue weighted by Gasteiger charge is 2.01. The summed E-state index contributed by atoms with van der Waals surface area (Å²) in [5.74, 6) is -0.134. The van der Waals surface area contributed by atoms with Crippen LogP contribution in [0.15, 0.2) is 72.1 Å². The van der Waals surface area contributed by atoms with Crippen molar-refractivity contribution >= 4 is 17.9 Å². The van der Waals surface area contributed by atoms with Crippen LogP contribution in [0.5, 0.6) is 5.75 Å². The van der Waals surface area contributed by atoms with Crippen molar-refractivity contribution in [2.24, 2.45) is 5.10 Å². The molecule has 0 fully saturated rings. The van der Waals surface area contributed by atoms with E-state index in [4.69, 9.17) is 9.84 Å². The normalized spacial score (nSPS) is 10.8. The molecule has 1 aromatic heterocycles. The highest BCUT2D eigenvalue weighted by Crippen LogP contribution is 2.16. The number of carbonyl (C=O) groups is 1. The van der Waals surface area contributed by atoms with E-state index in [-0.39, 0.29) is 5.56 Å². The van der Waals surface area contributed by atoms with Gasteiger partial charge < -0.3 is 14.4 Å². The van der Waals surface area contributed by atoms with E-state index in [0.717, 1.165) is 22.7 Å². The number of nitrogens with zero attached hydrogens (tertiary/aromatic N) is 2. The van der Waals surface area contributed by atoms with Crippen LogP contribution in [-0.2, 0) is 0 Å². The van der Waals surface area contributed by atoms with Crippen LogP contribution in [0.25, 0.3) is 5.69 Å². The number of methoxy groups -OCH3 is 1. The first-order valence-electron chi connectivity index (χ1n) is 7.60. The van der Waals surface area contributed by atoms with Gasteiger partial charge in [0.2, 0.25) is 0 Å². The molecule has 25 heavy (non-hydrogen) atoms. The minimum atomic E-state index is -0.949. The molecule has 0 saturated heterocycles. The Morgan fingerprint density at radius 3 is 2.48 bits per heavy atom. The summed E-state index contributed by atoms with van der Waals surface area (Å²) in [4.78, 5) is 10.8. The number of carboxylic acids is 1. The maximum absolute atomic E-state index is 10.8. The van der Waals surface area contributed by atoms with E-state index in [1.165, 1.54) is 12.1 Å². The Bertz CT molecular complexity index is 881. The summed E-state index contributed by atoms with van der Waals surface area (Å²) in [5, 5.41) is 13.0. The number of hydrogen-bond acceptors (Lipinski definition) is 4. The molecular weight excluding hydrogens is 318 g/mol. The van der Waals surface area contributed by atoms with E-state index in [9.17, 15) is 4.79 Å². The van der Waals surface area contributed by atoms with E-state index in [1.807, 2.05) is 47.3 Å². The number of rotatable bonds is 6. The van der Waals surface area contributed by atoms with Crippen molar-refractivity contribution < 1.29 is 14.6 Å². The molecule has 6 heteroatoms. The number of benzene rings is 2. The largest absolute Gasteiger partial charge is 0.497 e. The summed E-state index contributed by atoms with van der Waals surface area (Å²) in [7, 11) is 1.64. The Labute approximate surface area is 145 Å². The zero-order valence-corrected chi connectivity index (χ0v) is 13.6. The van der Waals surface area contributed by atoms with E-state index < -0.39 is 5.97 Å². The van der Waals surface area contributed by atoms with Gasteiger partial charge in [-0.1, -0.05) is 0 Å². The first-order chi connectivity index (χ1) is 12.2. The van der Waals surface area contributed by atoms with Crippen molar-refractivity contribution in [3.63, 3.8) is 0 Å². The number of carboxylic acid groups (broad SMARTS) is 1. The van der Waals surface area contributed by atoms with Gasteiger partial charge in [-0.3, -0.25) is 5.43 Å². The van der Waals surface area contributed by atoms with Crippen molar-refractivity contribution in [2.45, 2.75) is 0 Å². The van der Waals surface area contributed by atoms with E-state index in [2.05, 4.69) is 10.5 Å². The molecule has 0 bridgehead atoms. The molecular formula is C19H17N3O3. The molecule has 3 aromatic rings. The molecule has 0 unspecified atom stereocenters. The van der Waals surface area contributed by atoms with Crippen LogP contribution in [0.4, 0.5) is 5.69 Å². The number of hydrazone groups is 1. The molecule has 0 atom stereocenters. The number of aromatic carboxylic acids is 1. The number of nitrogens with one attached hydrogen (secondary N) is 1. The molecule has 6 nitrogen and oxygen atoms in total. The lowest BCUT2D eigenvalue weighted by atomic mass is 10.2. The van der Waals surface area contributed by atoms with Gasteiger partial charge in [-0.25, -0.2) is 4.79 Å². The minimum Gasteiger partial charge on any atom is -0.497 e.